The Morgan fingerprint density at radius 3 is 2.71 bits per heavy atom. The molecule has 0 rings (SSSR count). The lowest BCUT2D eigenvalue weighted by molar-refractivity contribution is 0.324. The summed E-state index contributed by atoms with van der Waals surface area (Å²) in [4.78, 5) is 6.12. The lowest BCUT2D eigenvalue weighted by atomic mass is 11.4. The Bertz CT molecular complexity index is 115. The Kier molecular flexibility index (Phi) is 2.74. The summed E-state index contributed by atoms with van der Waals surface area (Å²) in [6.07, 6.45) is 0. The summed E-state index contributed by atoms with van der Waals surface area (Å²) in [5.74, 6) is 0. The highest BCUT2D eigenvalue weighted by Crippen LogP contribution is 1.72. The summed E-state index contributed by atoms with van der Waals surface area (Å²) in [6.45, 7) is 0. The first-order chi connectivity index (χ1) is 3.27. The van der Waals surface area contributed by atoms with Gasteiger partial charge in [0.25, 0.3) is 5.17 Å². The first kappa shape index (κ1) is 6.00. The van der Waals surface area contributed by atoms with Gasteiger partial charge in [-0.3, -0.25) is 0 Å². The molecule has 0 radical (unpaired) electrons. The van der Waals surface area contributed by atoms with Crippen LogP contribution in [-0.4, -0.2) is 5.17 Å². The molecular weight excluding hydrogens is 116 g/mol. The van der Waals surface area contributed by atoms with E-state index in [9.17, 15) is 0 Å². The number of nitrogens with two attached hydrogens (primary N) is 1. The van der Waals surface area contributed by atoms with Crippen LogP contribution in [0.3, 0.4) is 0 Å². The van der Waals surface area contributed by atoms with Gasteiger partial charge in [0.1, 0.15) is 5.28 Å². The number of nitrogens with zero attached hydrogens (tertiary/aromatic N) is 3. The van der Waals surface area contributed by atoms with Crippen LogP contribution in [0.25, 0.3) is 10.4 Å². The van der Waals surface area contributed by atoms with Gasteiger partial charge in [-0.05, 0) is 17.7 Å². The molecule has 0 unspecified atom stereocenters. The monoisotopic (exact) mass is 118 g/mol. The first-order valence-electron chi connectivity index (χ1n) is 1.28. The molecule has 0 bridgehead atoms. The molecule has 0 aliphatic rings. The van der Waals surface area contributed by atoms with E-state index in [0.29, 0.717) is 0 Å². The summed E-state index contributed by atoms with van der Waals surface area (Å²) in [7, 11) is 0. The Morgan fingerprint density at radius 2 is 2.57 bits per heavy atom. The van der Waals surface area contributed by atoms with Crippen LogP contribution in [0.5, 0.6) is 0 Å². The second-order valence-electron chi connectivity index (χ2n) is 0.581. The fourth-order valence-corrected chi connectivity index (χ4v) is 0.0918. The largest absolute Gasteiger partial charge is 0.366 e. The van der Waals surface area contributed by atoms with Gasteiger partial charge in [-0.15, -0.1) is 0 Å². The van der Waals surface area contributed by atoms with Gasteiger partial charge >= 0.3 is 0 Å². The summed E-state index contributed by atoms with van der Waals surface area (Å²) in [5.41, 5.74) is 12.3. The van der Waals surface area contributed by atoms with Crippen LogP contribution < -0.4 is 5.73 Å². The van der Waals surface area contributed by atoms with Crippen LogP contribution >= 0.6 is 12.2 Å². The Hall–Kier alpha value is -1.00. The number of hydrogen-bond acceptors (Lipinski definition) is 3. The van der Waals surface area contributed by atoms with Crippen LogP contribution in [0.4, 0.5) is 0 Å². The molecular formula is CH2N4OS. The minimum atomic E-state index is -0.280. The average Bonchev–Trinajstić information content (AvgIpc) is 1.61. The summed E-state index contributed by atoms with van der Waals surface area (Å²) in [6, 6.07) is 0. The highest BCUT2D eigenvalue weighted by atomic mass is 32.1. The molecule has 0 fully saturated rings. The highest BCUT2D eigenvalue weighted by Gasteiger charge is 1.76. The fraction of sp³-hybridized carbons (Fsp3) is 0. The maximum Gasteiger partial charge on any atom is 0.267 e. The SMILES string of the molecule is [N-]=[N+]=NOC(N)=S. The zero-order valence-electron chi connectivity index (χ0n) is 3.24. The molecule has 38 valence electrons. The predicted octanol–water partition coefficient (Wildman–Crippen LogP) is 0.472. The van der Waals surface area contributed by atoms with Crippen molar-refractivity contribution in [3.05, 3.63) is 10.4 Å². The number of thiocarbonyl (C=S) groups is 1. The van der Waals surface area contributed by atoms with Gasteiger partial charge in [0.05, 0.1) is 0 Å². The second kappa shape index (κ2) is 3.20. The van der Waals surface area contributed by atoms with Gasteiger partial charge < -0.3 is 10.6 Å². The molecule has 5 nitrogen and oxygen atoms in total. The van der Waals surface area contributed by atoms with E-state index in [2.05, 4.69) is 27.2 Å². The maximum absolute atomic E-state index is 7.53. The minimum absolute atomic E-state index is 0.280. The molecule has 0 aliphatic heterocycles. The van der Waals surface area contributed by atoms with E-state index < -0.39 is 0 Å². The minimum Gasteiger partial charge on any atom is -0.366 e. The maximum atomic E-state index is 7.53. The average molecular weight is 118 g/mol. The van der Waals surface area contributed by atoms with E-state index in [1.54, 1.807) is 0 Å². The second-order valence-corrected chi connectivity index (χ2v) is 0.984. The van der Waals surface area contributed by atoms with Gasteiger partial charge in [-0.2, -0.15) is 0 Å². The van der Waals surface area contributed by atoms with E-state index in [-0.39, 0.29) is 5.17 Å². The van der Waals surface area contributed by atoms with Crippen LogP contribution in [0.15, 0.2) is 5.28 Å². The van der Waals surface area contributed by atoms with Crippen molar-refractivity contribution in [2.75, 3.05) is 0 Å². The van der Waals surface area contributed by atoms with Crippen molar-refractivity contribution in [1.82, 2.24) is 0 Å². The summed E-state index contributed by atoms with van der Waals surface area (Å²) >= 11 is 4.15. The van der Waals surface area contributed by atoms with Crippen LogP contribution in [0, 0.1) is 0 Å². The molecule has 0 aromatic heterocycles. The van der Waals surface area contributed by atoms with E-state index in [4.69, 9.17) is 11.3 Å². The molecule has 0 atom stereocenters. The van der Waals surface area contributed by atoms with Gasteiger partial charge in [0.15, 0.2) is 0 Å². The van der Waals surface area contributed by atoms with Crippen molar-refractivity contribution in [2.45, 2.75) is 0 Å². The topological polar surface area (TPSA) is 84.0 Å². The molecule has 0 saturated carbocycles. The third kappa shape index (κ3) is 5.00. The molecule has 0 saturated heterocycles. The van der Waals surface area contributed by atoms with Crippen LogP contribution in [0.2, 0.25) is 0 Å². The molecule has 0 spiro atoms. The van der Waals surface area contributed by atoms with E-state index in [1.165, 1.54) is 0 Å². The van der Waals surface area contributed by atoms with Crippen molar-refractivity contribution < 1.29 is 4.84 Å². The van der Waals surface area contributed by atoms with E-state index in [0.717, 1.165) is 0 Å². The molecule has 6 heteroatoms. The summed E-state index contributed by atoms with van der Waals surface area (Å²) in [5, 5.41) is 2.31. The lowest BCUT2D eigenvalue weighted by Crippen LogP contribution is -2.07. The molecule has 0 aromatic rings. The lowest BCUT2D eigenvalue weighted by Gasteiger charge is -1.84. The van der Waals surface area contributed by atoms with Gasteiger partial charge in [-0.1, -0.05) is 0 Å². The Balaban J connectivity index is 3.32. The molecule has 0 aromatic carbocycles. The third-order valence-corrected chi connectivity index (χ3v) is 0.242. The van der Waals surface area contributed by atoms with Crippen molar-refractivity contribution >= 4 is 17.4 Å². The molecule has 7 heavy (non-hydrogen) atoms. The van der Waals surface area contributed by atoms with Gasteiger partial charge in [0.2, 0.25) is 0 Å². The van der Waals surface area contributed by atoms with E-state index in [1.807, 2.05) is 0 Å². The van der Waals surface area contributed by atoms with Crippen molar-refractivity contribution in [1.29, 1.82) is 0 Å². The smallest absolute Gasteiger partial charge is 0.267 e. The zero-order chi connectivity index (χ0) is 5.70. The molecule has 0 heterocycles. The first-order valence-corrected chi connectivity index (χ1v) is 1.69. The third-order valence-electron chi connectivity index (χ3n) is 0.167. The summed E-state index contributed by atoms with van der Waals surface area (Å²) < 4.78 is 0. The predicted molar refractivity (Wildman–Crippen MR) is 27.0 cm³/mol. The van der Waals surface area contributed by atoms with Crippen molar-refractivity contribution in [2.24, 2.45) is 11.0 Å². The van der Waals surface area contributed by atoms with Gasteiger partial charge in [-0.25, -0.2) is 0 Å². The quantitative estimate of drug-likeness (QED) is 0.178. The van der Waals surface area contributed by atoms with Crippen LogP contribution in [-0.2, 0) is 4.84 Å². The molecule has 0 amide bonds. The van der Waals surface area contributed by atoms with Crippen molar-refractivity contribution in [3.63, 3.8) is 0 Å². The fourth-order valence-electron chi connectivity index (χ4n) is 0.0585. The zero-order valence-corrected chi connectivity index (χ0v) is 4.05. The highest BCUT2D eigenvalue weighted by molar-refractivity contribution is 7.79. The Labute approximate surface area is 44.6 Å². The number of azide groups is 1. The van der Waals surface area contributed by atoms with Gasteiger partial charge in [0, 0.05) is 4.91 Å². The number of hydrogen-bond donors (Lipinski definition) is 1. The van der Waals surface area contributed by atoms with Crippen molar-refractivity contribution in [3.8, 4) is 0 Å². The standard InChI is InChI=1S/CH2N4OS/c2-1(7)6-5-4-3/h(H2,2,7). The Morgan fingerprint density at radius 1 is 2.00 bits per heavy atom. The van der Waals surface area contributed by atoms with E-state index >= 15 is 0 Å². The molecule has 0 aliphatic carbocycles. The normalized spacial score (nSPS) is 6.29. The number of rotatable bonds is 1. The van der Waals surface area contributed by atoms with Crippen LogP contribution in [0.1, 0.15) is 0 Å². The molecule has 2 N–H and O–H groups in total.